The van der Waals surface area contributed by atoms with Crippen LogP contribution in [0.4, 0.5) is 5.69 Å². The summed E-state index contributed by atoms with van der Waals surface area (Å²) in [7, 11) is 0. The number of nitrogens with one attached hydrogen (secondary N) is 1. The molecule has 0 saturated heterocycles. The van der Waals surface area contributed by atoms with Crippen LogP contribution in [0.5, 0.6) is 11.5 Å². The van der Waals surface area contributed by atoms with E-state index in [1.165, 1.54) is 13.0 Å². The van der Waals surface area contributed by atoms with Crippen LogP contribution in [0.2, 0.25) is 0 Å². The molecule has 0 aliphatic rings. The van der Waals surface area contributed by atoms with Gasteiger partial charge in [-0.3, -0.25) is 4.79 Å². The van der Waals surface area contributed by atoms with Crippen molar-refractivity contribution in [1.29, 1.82) is 0 Å². The van der Waals surface area contributed by atoms with Crippen molar-refractivity contribution in [2.75, 3.05) is 5.32 Å². The number of carbonyl (C=O) groups excluding carboxylic acids is 1. The van der Waals surface area contributed by atoms with Gasteiger partial charge in [-0.1, -0.05) is 12.1 Å². The van der Waals surface area contributed by atoms with Crippen LogP contribution < -0.4 is 5.32 Å². The lowest BCUT2D eigenvalue weighted by Gasteiger charge is -2.11. The third-order valence-corrected chi connectivity index (χ3v) is 2.61. The van der Waals surface area contributed by atoms with Crippen LogP contribution in [0, 0.1) is 6.92 Å². The van der Waals surface area contributed by atoms with Gasteiger partial charge in [0.1, 0.15) is 11.5 Å². The second-order valence-electron chi connectivity index (χ2n) is 3.97. The van der Waals surface area contributed by atoms with Gasteiger partial charge < -0.3 is 15.5 Å². The van der Waals surface area contributed by atoms with Crippen LogP contribution in [0.15, 0.2) is 24.3 Å². The van der Waals surface area contributed by atoms with Gasteiger partial charge in [-0.2, -0.15) is 0 Å². The second kappa shape index (κ2) is 3.97. The molecule has 4 nitrogen and oxygen atoms in total. The highest BCUT2D eigenvalue weighted by atomic mass is 16.3. The maximum atomic E-state index is 11.1. The Morgan fingerprint density at radius 2 is 2.00 bits per heavy atom. The smallest absolute Gasteiger partial charge is 0.221 e. The van der Waals surface area contributed by atoms with E-state index < -0.39 is 0 Å². The predicted octanol–water partition coefficient (Wildman–Crippen LogP) is 2.52. The monoisotopic (exact) mass is 231 g/mol. The number of amides is 1. The van der Waals surface area contributed by atoms with E-state index in [1.54, 1.807) is 25.1 Å². The Labute approximate surface area is 98.5 Å². The molecule has 0 unspecified atom stereocenters. The average Bonchev–Trinajstić information content (AvgIpc) is 2.25. The molecule has 2 rings (SSSR count). The van der Waals surface area contributed by atoms with E-state index in [2.05, 4.69) is 5.32 Å². The van der Waals surface area contributed by atoms with Crippen LogP contribution >= 0.6 is 0 Å². The summed E-state index contributed by atoms with van der Waals surface area (Å²) in [6.45, 7) is 3.09. The second-order valence-corrected chi connectivity index (χ2v) is 3.97. The zero-order valence-electron chi connectivity index (χ0n) is 9.61. The van der Waals surface area contributed by atoms with E-state index in [9.17, 15) is 15.0 Å². The summed E-state index contributed by atoms with van der Waals surface area (Å²) >= 11 is 0. The van der Waals surface area contributed by atoms with Crippen LogP contribution in [0.1, 0.15) is 12.5 Å². The van der Waals surface area contributed by atoms with Crippen LogP contribution in [-0.4, -0.2) is 16.1 Å². The van der Waals surface area contributed by atoms with Crippen molar-refractivity contribution < 1.29 is 15.0 Å². The number of hydrogen-bond acceptors (Lipinski definition) is 3. The summed E-state index contributed by atoms with van der Waals surface area (Å²) in [5, 5.41) is 23.4. The fraction of sp³-hybridized carbons (Fsp3) is 0.154. The number of aromatic hydroxyl groups is 2. The minimum atomic E-state index is -0.224. The minimum absolute atomic E-state index is 0.0714. The number of anilines is 1. The molecular formula is C13H13NO3. The summed E-state index contributed by atoms with van der Waals surface area (Å²) in [4.78, 5) is 11.1. The van der Waals surface area contributed by atoms with E-state index in [-0.39, 0.29) is 17.4 Å². The predicted molar refractivity (Wildman–Crippen MR) is 66.3 cm³/mol. The third-order valence-electron chi connectivity index (χ3n) is 2.61. The summed E-state index contributed by atoms with van der Waals surface area (Å²) in [5.74, 6) is -0.0671. The zero-order valence-corrected chi connectivity index (χ0v) is 9.61. The molecule has 0 bridgehead atoms. The quantitative estimate of drug-likeness (QED) is 0.660. The number of benzene rings is 2. The normalized spacial score (nSPS) is 10.5. The Hall–Kier alpha value is -2.23. The number of rotatable bonds is 1. The zero-order chi connectivity index (χ0) is 12.6. The molecule has 0 saturated carbocycles. The molecule has 0 aromatic heterocycles. The molecule has 0 aliphatic carbocycles. The van der Waals surface area contributed by atoms with Crippen LogP contribution in [0.25, 0.3) is 10.8 Å². The van der Waals surface area contributed by atoms with Crippen molar-refractivity contribution in [2.45, 2.75) is 13.8 Å². The van der Waals surface area contributed by atoms with Crippen molar-refractivity contribution in [3.8, 4) is 11.5 Å². The molecule has 1 amide bonds. The Kier molecular flexibility index (Phi) is 2.63. The number of fused-ring (bicyclic) bond motifs is 1. The van der Waals surface area contributed by atoms with Crippen LogP contribution in [-0.2, 0) is 4.79 Å². The standard InChI is InChI=1S/C13H13NO3/c1-7-6-11(16)9-4-3-5-10(14-8(2)15)12(9)13(7)17/h3-6,16-17H,1-2H3,(H,14,15). The maximum Gasteiger partial charge on any atom is 0.221 e. The van der Waals surface area contributed by atoms with Gasteiger partial charge in [-0.15, -0.1) is 0 Å². The topological polar surface area (TPSA) is 69.6 Å². The first kappa shape index (κ1) is 11.3. The fourth-order valence-electron chi connectivity index (χ4n) is 1.86. The Morgan fingerprint density at radius 3 is 2.65 bits per heavy atom. The maximum absolute atomic E-state index is 11.1. The van der Waals surface area contributed by atoms with Crippen molar-refractivity contribution in [1.82, 2.24) is 0 Å². The van der Waals surface area contributed by atoms with Crippen molar-refractivity contribution in [3.05, 3.63) is 29.8 Å². The van der Waals surface area contributed by atoms with Gasteiger partial charge in [0.05, 0.1) is 11.1 Å². The first-order valence-electron chi connectivity index (χ1n) is 5.22. The molecular weight excluding hydrogens is 218 g/mol. The number of phenolic OH excluding ortho intramolecular Hbond substituents is 2. The SMILES string of the molecule is CC(=O)Nc1cccc2c(O)cc(C)c(O)c12. The lowest BCUT2D eigenvalue weighted by atomic mass is 10.0. The molecule has 0 spiro atoms. The van der Waals surface area contributed by atoms with Crippen molar-refractivity contribution >= 4 is 22.4 Å². The molecule has 0 aliphatic heterocycles. The summed E-state index contributed by atoms with van der Waals surface area (Å²) < 4.78 is 0. The average molecular weight is 231 g/mol. The van der Waals surface area contributed by atoms with Crippen molar-refractivity contribution in [2.24, 2.45) is 0 Å². The number of phenols is 2. The van der Waals surface area contributed by atoms with Gasteiger partial charge in [0.15, 0.2) is 0 Å². The number of aryl methyl sites for hydroxylation is 1. The van der Waals surface area contributed by atoms with Gasteiger partial charge in [0.2, 0.25) is 5.91 Å². The van der Waals surface area contributed by atoms with Crippen LogP contribution in [0.3, 0.4) is 0 Å². The van der Waals surface area contributed by atoms with E-state index >= 15 is 0 Å². The summed E-state index contributed by atoms with van der Waals surface area (Å²) in [6.07, 6.45) is 0. The number of hydrogen-bond donors (Lipinski definition) is 3. The van der Waals surface area contributed by atoms with Gasteiger partial charge in [0, 0.05) is 12.3 Å². The molecule has 3 N–H and O–H groups in total. The molecule has 17 heavy (non-hydrogen) atoms. The van der Waals surface area contributed by atoms with Gasteiger partial charge in [-0.05, 0) is 24.6 Å². The van der Waals surface area contributed by atoms with Gasteiger partial charge in [0.25, 0.3) is 0 Å². The molecule has 0 heterocycles. The van der Waals surface area contributed by atoms with E-state index in [4.69, 9.17) is 0 Å². The third kappa shape index (κ3) is 1.89. The van der Waals surface area contributed by atoms with E-state index in [1.807, 2.05) is 0 Å². The van der Waals surface area contributed by atoms with E-state index in [0.29, 0.717) is 22.0 Å². The number of carbonyl (C=O) groups is 1. The molecule has 0 atom stereocenters. The first-order chi connectivity index (χ1) is 8.00. The Bertz CT molecular complexity index is 605. The minimum Gasteiger partial charge on any atom is -0.507 e. The molecule has 88 valence electrons. The highest BCUT2D eigenvalue weighted by molar-refractivity contribution is 6.06. The summed E-state index contributed by atoms with van der Waals surface area (Å²) in [6, 6.07) is 6.58. The lowest BCUT2D eigenvalue weighted by Crippen LogP contribution is -2.06. The molecule has 2 aromatic carbocycles. The highest BCUT2D eigenvalue weighted by Gasteiger charge is 2.12. The van der Waals surface area contributed by atoms with E-state index in [0.717, 1.165) is 0 Å². The molecule has 0 fully saturated rings. The Balaban J connectivity index is 2.82. The van der Waals surface area contributed by atoms with Gasteiger partial charge >= 0.3 is 0 Å². The lowest BCUT2D eigenvalue weighted by molar-refractivity contribution is -0.114. The molecule has 2 aromatic rings. The van der Waals surface area contributed by atoms with Crippen molar-refractivity contribution in [3.63, 3.8) is 0 Å². The Morgan fingerprint density at radius 1 is 1.29 bits per heavy atom. The van der Waals surface area contributed by atoms with Gasteiger partial charge in [-0.25, -0.2) is 0 Å². The first-order valence-corrected chi connectivity index (χ1v) is 5.22. The largest absolute Gasteiger partial charge is 0.507 e. The molecule has 4 heteroatoms. The highest BCUT2D eigenvalue weighted by Crippen LogP contribution is 2.39. The fourth-order valence-corrected chi connectivity index (χ4v) is 1.86. The summed E-state index contributed by atoms with van der Waals surface area (Å²) in [5.41, 5.74) is 1.05. The molecule has 0 radical (unpaired) electrons.